The van der Waals surface area contributed by atoms with Gasteiger partial charge in [0.1, 0.15) is 5.75 Å². The molecule has 2 rings (SSSR count). The quantitative estimate of drug-likeness (QED) is 0.848. The van der Waals surface area contributed by atoms with Crippen molar-refractivity contribution in [3.63, 3.8) is 0 Å². The van der Waals surface area contributed by atoms with Crippen molar-refractivity contribution in [3.05, 3.63) is 29.3 Å². The highest BCUT2D eigenvalue weighted by molar-refractivity contribution is 5.75. The molecule has 0 unspecified atom stereocenters. The van der Waals surface area contributed by atoms with E-state index in [1.165, 1.54) is 5.56 Å². The first-order chi connectivity index (χ1) is 8.29. The van der Waals surface area contributed by atoms with Gasteiger partial charge in [-0.15, -0.1) is 0 Å². The molecule has 1 aliphatic heterocycles. The van der Waals surface area contributed by atoms with Gasteiger partial charge in [0.25, 0.3) is 0 Å². The summed E-state index contributed by atoms with van der Waals surface area (Å²) in [6.45, 7) is 3.49. The lowest BCUT2D eigenvalue weighted by molar-refractivity contribution is -0.121. The Kier molecular flexibility index (Phi) is 4.02. The molecule has 1 amide bonds. The molecule has 1 aliphatic rings. The van der Waals surface area contributed by atoms with E-state index in [1.54, 1.807) is 0 Å². The van der Waals surface area contributed by atoms with E-state index in [9.17, 15) is 4.79 Å². The zero-order valence-corrected chi connectivity index (χ0v) is 10.3. The number of benzene rings is 1. The molecule has 3 nitrogen and oxygen atoms in total. The van der Waals surface area contributed by atoms with Crippen molar-refractivity contribution in [1.82, 2.24) is 5.32 Å². The Labute approximate surface area is 102 Å². The molecule has 0 radical (unpaired) electrons. The fourth-order valence-corrected chi connectivity index (χ4v) is 1.98. The summed E-state index contributed by atoms with van der Waals surface area (Å²) in [5.74, 6) is 1.13. The summed E-state index contributed by atoms with van der Waals surface area (Å²) in [5, 5.41) is 2.95. The van der Waals surface area contributed by atoms with Gasteiger partial charge in [-0.25, -0.2) is 0 Å². The third-order valence-electron chi connectivity index (χ3n) is 3.00. The van der Waals surface area contributed by atoms with Crippen LogP contribution >= 0.6 is 0 Å². The average Bonchev–Trinajstić information content (AvgIpc) is 2.81. The molecule has 17 heavy (non-hydrogen) atoms. The monoisotopic (exact) mass is 233 g/mol. The lowest BCUT2D eigenvalue weighted by Crippen LogP contribution is -2.22. The van der Waals surface area contributed by atoms with Crippen molar-refractivity contribution in [3.8, 4) is 5.75 Å². The van der Waals surface area contributed by atoms with E-state index >= 15 is 0 Å². The van der Waals surface area contributed by atoms with Crippen molar-refractivity contribution in [2.45, 2.75) is 39.2 Å². The molecule has 92 valence electrons. The Hall–Kier alpha value is -1.51. The number of nitrogens with one attached hydrogen (secondary N) is 1. The van der Waals surface area contributed by atoms with E-state index < -0.39 is 0 Å². The maximum absolute atomic E-state index is 11.5. The third kappa shape index (κ3) is 3.22. The van der Waals surface area contributed by atoms with Gasteiger partial charge >= 0.3 is 0 Å². The van der Waals surface area contributed by atoms with Crippen LogP contribution in [-0.2, 0) is 17.8 Å². The molecule has 0 saturated heterocycles. The molecule has 0 bridgehead atoms. The molecule has 0 aromatic heterocycles. The third-order valence-corrected chi connectivity index (χ3v) is 3.00. The van der Waals surface area contributed by atoms with Gasteiger partial charge in [0, 0.05) is 19.4 Å². The van der Waals surface area contributed by atoms with E-state index in [4.69, 9.17) is 4.74 Å². The smallest absolute Gasteiger partial charge is 0.220 e. The SMILES string of the molecule is CCCCC(=O)NCc1ccc2c(c1)CCO2. The van der Waals surface area contributed by atoms with Crippen molar-refractivity contribution in [1.29, 1.82) is 0 Å². The second-order valence-electron chi connectivity index (χ2n) is 4.42. The van der Waals surface area contributed by atoms with Gasteiger partial charge in [-0.2, -0.15) is 0 Å². The van der Waals surface area contributed by atoms with Crippen LogP contribution in [0.25, 0.3) is 0 Å². The van der Waals surface area contributed by atoms with Gasteiger partial charge in [-0.05, 0) is 23.6 Å². The molecular formula is C14H19NO2. The lowest BCUT2D eigenvalue weighted by atomic mass is 10.1. The number of amides is 1. The summed E-state index contributed by atoms with van der Waals surface area (Å²) in [4.78, 5) is 11.5. The van der Waals surface area contributed by atoms with Crippen LogP contribution in [0.1, 0.15) is 37.3 Å². The first kappa shape index (κ1) is 12.0. The topological polar surface area (TPSA) is 38.3 Å². The van der Waals surface area contributed by atoms with E-state index in [-0.39, 0.29) is 5.91 Å². The first-order valence-electron chi connectivity index (χ1n) is 6.31. The van der Waals surface area contributed by atoms with Crippen LogP contribution in [0.15, 0.2) is 18.2 Å². The van der Waals surface area contributed by atoms with Crippen LogP contribution in [-0.4, -0.2) is 12.5 Å². The van der Waals surface area contributed by atoms with Crippen molar-refractivity contribution in [2.75, 3.05) is 6.61 Å². The molecule has 1 N–H and O–H groups in total. The maximum Gasteiger partial charge on any atom is 0.220 e. The van der Waals surface area contributed by atoms with Crippen LogP contribution in [0.2, 0.25) is 0 Å². The van der Waals surface area contributed by atoms with Crippen LogP contribution in [0.5, 0.6) is 5.75 Å². The Bertz CT molecular complexity index is 401. The van der Waals surface area contributed by atoms with Crippen molar-refractivity contribution < 1.29 is 9.53 Å². The second kappa shape index (κ2) is 5.71. The standard InChI is InChI=1S/C14H19NO2/c1-2-3-4-14(16)15-10-11-5-6-13-12(9-11)7-8-17-13/h5-6,9H,2-4,7-8,10H2,1H3,(H,15,16). The molecule has 0 saturated carbocycles. The molecule has 0 aliphatic carbocycles. The number of fused-ring (bicyclic) bond motifs is 1. The number of carbonyl (C=O) groups is 1. The molecule has 0 atom stereocenters. The van der Waals surface area contributed by atoms with Crippen LogP contribution in [0.3, 0.4) is 0 Å². The molecule has 0 spiro atoms. The van der Waals surface area contributed by atoms with Gasteiger partial charge in [0.2, 0.25) is 5.91 Å². The average molecular weight is 233 g/mol. The van der Waals surface area contributed by atoms with Crippen LogP contribution < -0.4 is 10.1 Å². The van der Waals surface area contributed by atoms with Gasteiger partial charge in [-0.3, -0.25) is 4.79 Å². The van der Waals surface area contributed by atoms with Crippen molar-refractivity contribution >= 4 is 5.91 Å². The highest BCUT2D eigenvalue weighted by atomic mass is 16.5. The maximum atomic E-state index is 11.5. The van der Waals surface area contributed by atoms with Gasteiger partial charge < -0.3 is 10.1 Å². The van der Waals surface area contributed by atoms with Gasteiger partial charge in [0.05, 0.1) is 6.61 Å². The Balaban J connectivity index is 1.85. The molecule has 0 fully saturated rings. The first-order valence-corrected chi connectivity index (χ1v) is 6.31. The zero-order chi connectivity index (χ0) is 12.1. The van der Waals surface area contributed by atoms with Gasteiger partial charge in [0.15, 0.2) is 0 Å². The predicted octanol–water partition coefficient (Wildman–Crippen LogP) is 2.43. The number of unbranched alkanes of at least 4 members (excludes halogenated alkanes) is 1. The van der Waals surface area contributed by atoms with Crippen LogP contribution in [0, 0.1) is 0 Å². The Morgan fingerprint density at radius 2 is 2.35 bits per heavy atom. The van der Waals surface area contributed by atoms with Gasteiger partial charge in [-0.1, -0.05) is 25.5 Å². The summed E-state index contributed by atoms with van der Waals surface area (Å²) < 4.78 is 5.44. The lowest BCUT2D eigenvalue weighted by Gasteiger charge is -2.06. The van der Waals surface area contributed by atoms with Crippen molar-refractivity contribution in [2.24, 2.45) is 0 Å². The number of carbonyl (C=O) groups excluding carboxylic acids is 1. The van der Waals surface area contributed by atoms with Crippen LogP contribution in [0.4, 0.5) is 0 Å². The minimum absolute atomic E-state index is 0.142. The highest BCUT2D eigenvalue weighted by Crippen LogP contribution is 2.25. The summed E-state index contributed by atoms with van der Waals surface area (Å²) >= 11 is 0. The number of hydrogen-bond donors (Lipinski definition) is 1. The number of rotatable bonds is 5. The molecule has 3 heteroatoms. The molecule has 1 aromatic rings. The zero-order valence-electron chi connectivity index (χ0n) is 10.3. The number of hydrogen-bond acceptors (Lipinski definition) is 2. The summed E-state index contributed by atoms with van der Waals surface area (Å²) in [6, 6.07) is 6.14. The van der Waals surface area contributed by atoms with E-state index in [1.807, 2.05) is 12.1 Å². The fourth-order valence-electron chi connectivity index (χ4n) is 1.98. The van der Waals surface area contributed by atoms with E-state index in [2.05, 4.69) is 18.3 Å². The van der Waals surface area contributed by atoms with E-state index in [0.717, 1.165) is 37.2 Å². The summed E-state index contributed by atoms with van der Waals surface area (Å²) in [7, 11) is 0. The summed E-state index contributed by atoms with van der Waals surface area (Å²) in [6.07, 6.45) is 3.63. The minimum atomic E-state index is 0.142. The normalized spacial score (nSPS) is 13.0. The molecule has 1 heterocycles. The Morgan fingerprint density at radius 3 is 3.18 bits per heavy atom. The minimum Gasteiger partial charge on any atom is -0.493 e. The predicted molar refractivity (Wildman–Crippen MR) is 67.0 cm³/mol. The fraction of sp³-hybridized carbons (Fsp3) is 0.500. The number of ether oxygens (including phenoxy) is 1. The Morgan fingerprint density at radius 1 is 1.47 bits per heavy atom. The molecular weight excluding hydrogens is 214 g/mol. The summed E-state index contributed by atoms with van der Waals surface area (Å²) in [5.41, 5.74) is 2.41. The second-order valence-corrected chi connectivity index (χ2v) is 4.42. The largest absolute Gasteiger partial charge is 0.493 e. The van der Waals surface area contributed by atoms with E-state index in [0.29, 0.717) is 13.0 Å². The molecule has 1 aromatic carbocycles. The highest BCUT2D eigenvalue weighted by Gasteiger charge is 2.11.